The first kappa shape index (κ1) is 19.4. The number of H-pyrrole nitrogens is 1. The minimum absolute atomic E-state index is 0.00464. The summed E-state index contributed by atoms with van der Waals surface area (Å²) in [7, 11) is 4.76. The number of aromatic amines is 1. The number of aromatic nitrogens is 1. The van der Waals surface area contributed by atoms with Crippen LogP contribution in [0, 0.1) is 0 Å². The van der Waals surface area contributed by atoms with Gasteiger partial charge in [0.2, 0.25) is 5.75 Å². The summed E-state index contributed by atoms with van der Waals surface area (Å²) in [5.74, 6) is 1.44. The second-order valence-electron chi connectivity index (χ2n) is 6.31. The Kier molecular flexibility index (Phi) is 6.26. The van der Waals surface area contributed by atoms with E-state index in [0.29, 0.717) is 24.0 Å². The third-order valence-electron chi connectivity index (χ3n) is 4.58. The molecule has 0 saturated carbocycles. The number of hydrogen-bond acceptors (Lipinski definition) is 4. The van der Waals surface area contributed by atoms with E-state index < -0.39 is 0 Å². The number of para-hydroxylation sites is 1. The van der Waals surface area contributed by atoms with Gasteiger partial charge in [0.25, 0.3) is 0 Å². The molecule has 0 aliphatic heterocycles. The van der Waals surface area contributed by atoms with Gasteiger partial charge in [-0.25, -0.2) is 0 Å². The lowest BCUT2D eigenvalue weighted by atomic mass is 10.1. The monoisotopic (exact) mass is 382 g/mol. The highest BCUT2D eigenvalue weighted by Crippen LogP contribution is 2.36. The van der Waals surface area contributed by atoms with Crippen LogP contribution >= 0.6 is 0 Å². The van der Waals surface area contributed by atoms with Gasteiger partial charge in [0.1, 0.15) is 0 Å². The summed E-state index contributed by atoms with van der Waals surface area (Å²) < 4.78 is 10.4. The molecule has 0 atom stereocenters. The van der Waals surface area contributed by atoms with Crippen LogP contribution in [-0.4, -0.2) is 43.9 Å². The molecule has 3 rings (SSSR count). The predicted octanol–water partition coefficient (Wildman–Crippen LogP) is 2.80. The topological polar surface area (TPSA) is 90.9 Å². The Hall–Kier alpha value is -3.35. The highest BCUT2D eigenvalue weighted by molar-refractivity contribution is 5.83. The zero-order valence-electron chi connectivity index (χ0n) is 16.4. The van der Waals surface area contributed by atoms with Gasteiger partial charge in [-0.05, 0) is 35.7 Å². The summed E-state index contributed by atoms with van der Waals surface area (Å²) in [5.41, 5.74) is 3.33. The van der Waals surface area contributed by atoms with E-state index in [0.717, 1.165) is 24.0 Å². The van der Waals surface area contributed by atoms with Crippen LogP contribution in [0.3, 0.4) is 0 Å². The maximum Gasteiger partial charge on any atom is 0.200 e. The number of hydrogen-bond donors (Lipinski definition) is 4. The molecule has 0 radical (unpaired) electrons. The molecule has 148 valence electrons. The van der Waals surface area contributed by atoms with Crippen molar-refractivity contribution >= 4 is 16.9 Å². The molecule has 0 saturated heterocycles. The summed E-state index contributed by atoms with van der Waals surface area (Å²) in [5, 5.41) is 17.8. The van der Waals surface area contributed by atoms with Crippen molar-refractivity contribution in [2.45, 2.75) is 13.0 Å². The Morgan fingerprint density at radius 2 is 1.82 bits per heavy atom. The standard InChI is InChI=1S/C21H26N4O3/c1-22-21(23-9-8-15-13-24-17-7-5-4-6-16(15)17)25-12-14-10-18(27-2)20(26)19(11-14)28-3/h4-7,10-11,13,24,26H,8-9,12H2,1-3H3,(H2,22,23,25). The lowest BCUT2D eigenvalue weighted by Gasteiger charge is -2.14. The molecular formula is C21H26N4O3. The van der Waals surface area contributed by atoms with Gasteiger partial charge in [-0.1, -0.05) is 18.2 Å². The van der Waals surface area contributed by atoms with Crippen molar-refractivity contribution in [1.29, 1.82) is 0 Å². The Morgan fingerprint density at radius 3 is 2.50 bits per heavy atom. The van der Waals surface area contributed by atoms with Crippen molar-refractivity contribution in [3.05, 3.63) is 53.7 Å². The van der Waals surface area contributed by atoms with Crippen LogP contribution < -0.4 is 20.1 Å². The first-order valence-electron chi connectivity index (χ1n) is 9.09. The molecule has 28 heavy (non-hydrogen) atoms. The van der Waals surface area contributed by atoms with Gasteiger partial charge in [-0.3, -0.25) is 4.99 Å². The lowest BCUT2D eigenvalue weighted by molar-refractivity contribution is 0.339. The summed E-state index contributed by atoms with van der Waals surface area (Å²) in [6, 6.07) is 11.8. The average Bonchev–Trinajstić information content (AvgIpc) is 3.14. The van der Waals surface area contributed by atoms with Gasteiger partial charge in [0, 0.05) is 37.2 Å². The molecule has 0 spiro atoms. The molecule has 1 heterocycles. The summed E-state index contributed by atoms with van der Waals surface area (Å²) in [4.78, 5) is 7.56. The Morgan fingerprint density at radius 1 is 1.11 bits per heavy atom. The van der Waals surface area contributed by atoms with E-state index in [2.05, 4.69) is 38.9 Å². The Balaban J connectivity index is 1.56. The van der Waals surface area contributed by atoms with Crippen LogP contribution in [0.25, 0.3) is 10.9 Å². The van der Waals surface area contributed by atoms with Gasteiger partial charge < -0.3 is 30.2 Å². The van der Waals surface area contributed by atoms with E-state index in [4.69, 9.17) is 9.47 Å². The largest absolute Gasteiger partial charge is 0.502 e. The molecule has 3 aromatic rings. The predicted molar refractivity (Wildman–Crippen MR) is 111 cm³/mol. The minimum Gasteiger partial charge on any atom is -0.502 e. The fourth-order valence-electron chi connectivity index (χ4n) is 3.11. The van der Waals surface area contributed by atoms with Gasteiger partial charge >= 0.3 is 0 Å². The smallest absolute Gasteiger partial charge is 0.200 e. The number of phenols is 1. The number of fused-ring (bicyclic) bond motifs is 1. The molecule has 0 amide bonds. The van der Waals surface area contributed by atoms with Crippen molar-refractivity contribution < 1.29 is 14.6 Å². The van der Waals surface area contributed by atoms with Crippen molar-refractivity contribution in [2.24, 2.45) is 4.99 Å². The number of guanidine groups is 1. The van der Waals surface area contributed by atoms with Crippen LogP contribution in [0.1, 0.15) is 11.1 Å². The third kappa shape index (κ3) is 4.31. The minimum atomic E-state index is -0.00464. The van der Waals surface area contributed by atoms with Crippen molar-refractivity contribution in [3.63, 3.8) is 0 Å². The molecule has 0 unspecified atom stereocenters. The first-order valence-corrected chi connectivity index (χ1v) is 9.09. The van der Waals surface area contributed by atoms with Gasteiger partial charge in [-0.2, -0.15) is 0 Å². The maximum absolute atomic E-state index is 10.0. The second-order valence-corrected chi connectivity index (χ2v) is 6.31. The van der Waals surface area contributed by atoms with E-state index in [-0.39, 0.29) is 5.75 Å². The fraction of sp³-hybridized carbons (Fsp3) is 0.286. The SMILES string of the molecule is CN=C(NCCc1c[nH]c2ccccc12)NCc1cc(OC)c(O)c(OC)c1. The lowest BCUT2D eigenvalue weighted by Crippen LogP contribution is -2.37. The summed E-state index contributed by atoms with van der Waals surface area (Å²) in [6.45, 7) is 1.27. The number of nitrogens with zero attached hydrogens (tertiary/aromatic N) is 1. The normalized spacial score (nSPS) is 11.5. The molecule has 4 N–H and O–H groups in total. The first-order chi connectivity index (χ1) is 13.7. The molecule has 2 aromatic carbocycles. The van der Waals surface area contributed by atoms with Crippen LogP contribution in [0.15, 0.2) is 47.6 Å². The average molecular weight is 382 g/mol. The molecule has 0 aliphatic carbocycles. The number of phenolic OH excluding ortho intramolecular Hbond substituents is 1. The van der Waals surface area contributed by atoms with Crippen molar-refractivity contribution in [3.8, 4) is 17.2 Å². The third-order valence-corrected chi connectivity index (χ3v) is 4.58. The molecule has 7 nitrogen and oxygen atoms in total. The van der Waals surface area contributed by atoms with E-state index in [1.807, 2.05) is 12.1 Å². The number of aliphatic imine (C=N–C) groups is 1. The molecule has 0 fully saturated rings. The number of rotatable bonds is 7. The number of nitrogens with one attached hydrogen (secondary N) is 3. The Bertz CT molecular complexity index is 940. The van der Waals surface area contributed by atoms with E-state index in [1.54, 1.807) is 19.2 Å². The second kappa shape index (κ2) is 9.03. The Labute approximate surface area is 164 Å². The maximum atomic E-state index is 10.0. The zero-order valence-corrected chi connectivity index (χ0v) is 16.4. The van der Waals surface area contributed by atoms with Crippen molar-refractivity contribution in [2.75, 3.05) is 27.8 Å². The van der Waals surface area contributed by atoms with Gasteiger partial charge in [0.15, 0.2) is 17.5 Å². The molecule has 1 aromatic heterocycles. The van der Waals surface area contributed by atoms with Crippen LogP contribution in [0.5, 0.6) is 17.2 Å². The highest BCUT2D eigenvalue weighted by atomic mass is 16.5. The fourth-order valence-corrected chi connectivity index (χ4v) is 3.11. The molecule has 0 aliphatic rings. The zero-order chi connectivity index (χ0) is 19.9. The molecule has 0 bridgehead atoms. The molecule has 7 heteroatoms. The number of methoxy groups -OCH3 is 2. The van der Waals surface area contributed by atoms with Crippen LogP contribution in [-0.2, 0) is 13.0 Å². The number of aromatic hydroxyl groups is 1. The number of benzene rings is 2. The summed E-state index contributed by atoms with van der Waals surface area (Å²) in [6.07, 6.45) is 2.93. The van der Waals surface area contributed by atoms with Crippen LogP contribution in [0.4, 0.5) is 0 Å². The van der Waals surface area contributed by atoms with E-state index >= 15 is 0 Å². The van der Waals surface area contributed by atoms with Crippen LogP contribution in [0.2, 0.25) is 0 Å². The number of ether oxygens (including phenoxy) is 2. The van der Waals surface area contributed by atoms with Gasteiger partial charge in [0.05, 0.1) is 14.2 Å². The highest BCUT2D eigenvalue weighted by Gasteiger charge is 2.11. The van der Waals surface area contributed by atoms with Gasteiger partial charge in [-0.15, -0.1) is 0 Å². The molecular weight excluding hydrogens is 356 g/mol. The van der Waals surface area contributed by atoms with Crippen molar-refractivity contribution in [1.82, 2.24) is 15.6 Å². The summed E-state index contributed by atoms with van der Waals surface area (Å²) >= 11 is 0. The quantitative estimate of drug-likeness (QED) is 0.373. The van der Waals surface area contributed by atoms with E-state index in [9.17, 15) is 5.11 Å². The van der Waals surface area contributed by atoms with E-state index in [1.165, 1.54) is 25.2 Å².